The first-order chi connectivity index (χ1) is 12.2. The van der Waals surface area contributed by atoms with Gasteiger partial charge < -0.3 is 14.4 Å². The molecule has 2 aliphatic rings. The van der Waals surface area contributed by atoms with Crippen LogP contribution >= 0.6 is 0 Å². The minimum Gasteiger partial charge on any atom is -0.493 e. The first-order valence-corrected chi connectivity index (χ1v) is 9.40. The number of amides is 1. The predicted octanol–water partition coefficient (Wildman–Crippen LogP) is 3.07. The summed E-state index contributed by atoms with van der Waals surface area (Å²) in [5, 5.41) is 0. The smallest absolute Gasteiger partial charge is 0.243 e. The van der Waals surface area contributed by atoms with Crippen molar-refractivity contribution >= 4 is 5.91 Å². The van der Waals surface area contributed by atoms with Crippen LogP contribution in [0.1, 0.15) is 44.6 Å². The van der Waals surface area contributed by atoms with Crippen molar-refractivity contribution in [2.45, 2.75) is 51.1 Å². The fourth-order valence-corrected chi connectivity index (χ4v) is 4.52. The van der Waals surface area contributed by atoms with E-state index >= 15 is 0 Å². The fourth-order valence-electron chi connectivity index (χ4n) is 4.52. The lowest BCUT2D eigenvalue weighted by molar-refractivity contribution is -0.147. The van der Waals surface area contributed by atoms with Gasteiger partial charge in [0.2, 0.25) is 5.91 Å². The highest BCUT2D eigenvalue weighted by molar-refractivity contribution is 5.87. The molecule has 1 unspecified atom stereocenters. The van der Waals surface area contributed by atoms with E-state index in [2.05, 4.69) is 22.8 Å². The third kappa shape index (κ3) is 3.22. The molecule has 138 valence electrons. The highest BCUT2D eigenvalue weighted by Gasteiger charge is 2.50. The Morgan fingerprint density at radius 2 is 1.88 bits per heavy atom. The van der Waals surface area contributed by atoms with E-state index in [9.17, 15) is 4.79 Å². The summed E-state index contributed by atoms with van der Waals surface area (Å²) in [6, 6.07) is 5.98. The summed E-state index contributed by atoms with van der Waals surface area (Å²) in [6.45, 7) is 5.61. The summed E-state index contributed by atoms with van der Waals surface area (Å²) in [5.74, 6) is 1.86. The van der Waals surface area contributed by atoms with Gasteiger partial charge in [-0.1, -0.05) is 19.1 Å². The highest BCUT2D eigenvalue weighted by Crippen LogP contribution is 2.41. The Morgan fingerprint density at radius 1 is 1.12 bits per heavy atom. The zero-order valence-corrected chi connectivity index (χ0v) is 15.7. The molecule has 0 saturated carbocycles. The molecule has 1 spiro atoms. The van der Waals surface area contributed by atoms with E-state index in [1.54, 1.807) is 14.2 Å². The SMILES string of the molecule is CCCN1CCCC2(CCCN2Cc2cccc(OC)c2OC)C1=O. The van der Waals surface area contributed by atoms with Crippen molar-refractivity contribution in [3.63, 3.8) is 0 Å². The first-order valence-electron chi connectivity index (χ1n) is 9.40. The van der Waals surface area contributed by atoms with Crippen LogP contribution in [0.3, 0.4) is 0 Å². The second kappa shape index (κ2) is 7.65. The Bertz CT molecular complexity index is 617. The number of ether oxygens (including phenoxy) is 2. The third-order valence-corrected chi connectivity index (χ3v) is 5.67. The van der Waals surface area contributed by atoms with Crippen molar-refractivity contribution < 1.29 is 14.3 Å². The van der Waals surface area contributed by atoms with Crippen LogP contribution in [-0.2, 0) is 11.3 Å². The van der Waals surface area contributed by atoms with Crippen LogP contribution in [0.2, 0.25) is 0 Å². The van der Waals surface area contributed by atoms with E-state index in [4.69, 9.17) is 9.47 Å². The number of benzene rings is 1. The summed E-state index contributed by atoms with van der Waals surface area (Å²) in [6.07, 6.45) is 5.14. The lowest BCUT2D eigenvalue weighted by Gasteiger charge is -2.44. The van der Waals surface area contributed by atoms with Gasteiger partial charge in [-0.2, -0.15) is 0 Å². The number of hydrogen-bond acceptors (Lipinski definition) is 4. The van der Waals surface area contributed by atoms with Crippen molar-refractivity contribution in [3.8, 4) is 11.5 Å². The van der Waals surface area contributed by atoms with Crippen molar-refractivity contribution in [3.05, 3.63) is 23.8 Å². The Kier molecular flexibility index (Phi) is 5.52. The molecule has 0 aliphatic carbocycles. The summed E-state index contributed by atoms with van der Waals surface area (Å²) in [4.78, 5) is 17.7. The minimum atomic E-state index is -0.318. The molecule has 5 heteroatoms. The van der Waals surface area contributed by atoms with Gasteiger partial charge in [0.15, 0.2) is 11.5 Å². The maximum atomic E-state index is 13.2. The van der Waals surface area contributed by atoms with Crippen LogP contribution in [0.5, 0.6) is 11.5 Å². The van der Waals surface area contributed by atoms with E-state index in [0.717, 1.165) is 75.3 Å². The number of rotatable bonds is 6. The fraction of sp³-hybridized carbons (Fsp3) is 0.650. The van der Waals surface area contributed by atoms with Gasteiger partial charge in [-0.3, -0.25) is 9.69 Å². The Morgan fingerprint density at radius 3 is 2.56 bits per heavy atom. The summed E-state index contributed by atoms with van der Waals surface area (Å²) in [7, 11) is 3.34. The van der Waals surface area contributed by atoms with Gasteiger partial charge in [-0.25, -0.2) is 0 Å². The molecule has 0 radical (unpaired) electrons. The van der Waals surface area contributed by atoms with Crippen LogP contribution in [0.4, 0.5) is 0 Å². The van der Waals surface area contributed by atoms with E-state index in [1.165, 1.54) is 0 Å². The number of methoxy groups -OCH3 is 2. The number of nitrogens with zero attached hydrogens (tertiary/aromatic N) is 2. The molecular formula is C20H30N2O3. The van der Waals surface area contributed by atoms with Crippen molar-refractivity contribution in [1.29, 1.82) is 0 Å². The van der Waals surface area contributed by atoms with Crippen LogP contribution in [0.15, 0.2) is 18.2 Å². The van der Waals surface area contributed by atoms with E-state index in [-0.39, 0.29) is 5.54 Å². The maximum Gasteiger partial charge on any atom is 0.243 e. The Hall–Kier alpha value is -1.75. The van der Waals surface area contributed by atoms with Gasteiger partial charge in [-0.05, 0) is 44.7 Å². The zero-order valence-electron chi connectivity index (χ0n) is 15.7. The molecule has 3 rings (SSSR count). The molecule has 1 atom stereocenters. The molecule has 5 nitrogen and oxygen atoms in total. The maximum absolute atomic E-state index is 13.2. The Balaban J connectivity index is 1.86. The van der Waals surface area contributed by atoms with E-state index < -0.39 is 0 Å². The molecule has 0 aromatic heterocycles. The molecule has 1 aromatic rings. The monoisotopic (exact) mass is 346 g/mol. The zero-order chi connectivity index (χ0) is 17.9. The topological polar surface area (TPSA) is 42.0 Å². The quantitative estimate of drug-likeness (QED) is 0.794. The van der Waals surface area contributed by atoms with Crippen LogP contribution in [0, 0.1) is 0 Å². The second-order valence-corrected chi connectivity index (χ2v) is 7.11. The van der Waals surface area contributed by atoms with Crippen molar-refractivity contribution in [2.24, 2.45) is 0 Å². The standard InChI is InChI=1S/C20H30N2O3/c1-4-12-21-13-6-10-20(19(21)23)11-7-14-22(20)15-16-8-5-9-17(24-2)18(16)25-3/h5,8-9H,4,6-7,10-15H2,1-3H3. The number of hydrogen-bond donors (Lipinski definition) is 0. The average Bonchev–Trinajstić information content (AvgIpc) is 3.02. The molecule has 2 fully saturated rings. The molecule has 2 heterocycles. The molecule has 0 bridgehead atoms. The van der Waals surface area contributed by atoms with E-state index in [0.29, 0.717) is 5.91 Å². The number of carbonyl (C=O) groups excluding carboxylic acids is 1. The van der Waals surface area contributed by atoms with Gasteiger partial charge in [0.1, 0.15) is 5.54 Å². The summed E-state index contributed by atoms with van der Waals surface area (Å²) >= 11 is 0. The molecule has 2 aliphatic heterocycles. The van der Waals surface area contributed by atoms with Gasteiger partial charge in [-0.15, -0.1) is 0 Å². The molecular weight excluding hydrogens is 316 g/mol. The number of piperidine rings is 1. The van der Waals surface area contributed by atoms with Crippen LogP contribution in [0.25, 0.3) is 0 Å². The van der Waals surface area contributed by atoms with Gasteiger partial charge in [0.05, 0.1) is 14.2 Å². The lowest BCUT2D eigenvalue weighted by Crippen LogP contribution is -2.59. The number of likely N-dealkylation sites (tertiary alicyclic amines) is 2. The average molecular weight is 346 g/mol. The normalized spacial score (nSPS) is 24.1. The van der Waals surface area contributed by atoms with Gasteiger partial charge >= 0.3 is 0 Å². The highest BCUT2D eigenvalue weighted by atomic mass is 16.5. The van der Waals surface area contributed by atoms with Crippen molar-refractivity contribution in [2.75, 3.05) is 33.9 Å². The Labute approximate surface area is 150 Å². The largest absolute Gasteiger partial charge is 0.493 e. The lowest BCUT2D eigenvalue weighted by atomic mass is 9.85. The summed E-state index contributed by atoms with van der Waals surface area (Å²) in [5.41, 5.74) is 0.769. The third-order valence-electron chi connectivity index (χ3n) is 5.67. The molecule has 1 aromatic carbocycles. The van der Waals surface area contributed by atoms with Crippen LogP contribution < -0.4 is 9.47 Å². The molecule has 1 amide bonds. The van der Waals surface area contributed by atoms with Gasteiger partial charge in [0.25, 0.3) is 0 Å². The summed E-state index contributed by atoms with van der Waals surface area (Å²) < 4.78 is 11.0. The second-order valence-electron chi connectivity index (χ2n) is 7.11. The number of para-hydroxylation sites is 1. The molecule has 0 N–H and O–H groups in total. The van der Waals surface area contributed by atoms with Gasteiger partial charge in [0, 0.05) is 25.2 Å². The molecule has 2 saturated heterocycles. The van der Waals surface area contributed by atoms with Crippen molar-refractivity contribution in [1.82, 2.24) is 9.80 Å². The molecule has 25 heavy (non-hydrogen) atoms. The predicted molar refractivity (Wildman–Crippen MR) is 98.0 cm³/mol. The first kappa shape index (κ1) is 18.1. The minimum absolute atomic E-state index is 0.318. The van der Waals surface area contributed by atoms with E-state index in [1.807, 2.05) is 12.1 Å². The number of carbonyl (C=O) groups is 1. The van der Waals surface area contributed by atoms with Crippen LogP contribution in [-0.4, -0.2) is 55.1 Å².